The monoisotopic (exact) mass is 1460 g/mol. The van der Waals surface area contributed by atoms with Crippen LogP contribution in [0.1, 0.15) is 46.9 Å². The molecule has 0 aromatic heterocycles. The van der Waals surface area contributed by atoms with Gasteiger partial charge in [-0.15, -0.1) is 0 Å². The molecule has 16 aromatic rings. The Hall–Kier alpha value is -12.4. The third kappa shape index (κ3) is 14.3. The highest BCUT2D eigenvalue weighted by Gasteiger charge is 2.48. The standard InChI is InChI=1S/C100H82O4Si4/c1-13-37-87(38-14-1)105(88-39-15-2-16-40-88,89-41-17-3-18-42-89)101-83-69-61-79(62-70-83)99(80-63-71-84(72-64-80)102-106(90-43-19-4-20-44-90,91-45-21-5-22-46-91)92-47-23-6-24-48-92)77-78-100(81-65-73-85(74-66-81)103-107(93-49-25-7-26-50-93,94-51-27-8-28-52-94)95-53-29-9-30-54-95)82-67-75-86(76-68-82)104-108(96-55-31-10-32-56-96,97-57-33-11-34-58-97)98-59-35-12-36-60-98/h1-76,99-100H,77-78H2. The number of hydrogen-bond donors (Lipinski definition) is 0. The van der Waals surface area contributed by atoms with Crippen LogP contribution in [0.15, 0.2) is 461 Å². The van der Waals surface area contributed by atoms with E-state index in [-0.39, 0.29) is 11.8 Å². The minimum absolute atomic E-state index is 0.0666. The summed E-state index contributed by atoms with van der Waals surface area (Å²) in [7, 11) is -12.6. The Labute approximate surface area is 639 Å². The summed E-state index contributed by atoms with van der Waals surface area (Å²) in [5, 5.41) is 14.1. The summed E-state index contributed by atoms with van der Waals surface area (Å²) >= 11 is 0. The van der Waals surface area contributed by atoms with E-state index in [1.807, 2.05) is 0 Å². The molecule has 0 amide bonds. The molecular formula is C100H82O4Si4. The lowest BCUT2D eigenvalue weighted by Crippen LogP contribution is -2.71. The topological polar surface area (TPSA) is 36.9 Å². The Kier molecular flexibility index (Phi) is 21.1. The number of rotatable bonds is 27. The second-order valence-electron chi connectivity index (χ2n) is 27.5. The predicted molar refractivity (Wildman–Crippen MR) is 457 cm³/mol. The van der Waals surface area contributed by atoms with Gasteiger partial charge in [-0.05, 0) is 146 Å². The third-order valence-electron chi connectivity index (χ3n) is 21.1. The van der Waals surface area contributed by atoms with Gasteiger partial charge in [0.1, 0.15) is 23.0 Å². The zero-order valence-corrected chi connectivity index (χ0v) is 64.1. The highest BCUT2D eigenvalue weighted by Crippen LogP contribution is 2.39. The average molecular weight is 1460 g/mol. The van der Waals surface area contributed by atoms with Crippen molar-refractivity contribution in [3.05, 3.63) is 483 Å². The second-order valence-corrected chi connectivity index (χ2v) is 40.7. The molecule has 0 atom stereocenters. The van der Waals surface area contributed by atoms with Crippen LogP contribution in [0.25, 0.3) is 0 Å². The fraction of sp³-hybridized carbons (Fsp3) is 0.0400. The van der Waals surface area contributed by atoms with E-state index in [2.05, 4.69) is 461 Å². The SMILES string of the molecule is c1ccc([Si](Oc2ccc(C(CCC(c3ccc(O[Si](c4ccccc4)(c4ccccc4)c4ccccc4)cc3)c3ccc(O[Si](c4ccccc4)(c4ccccc4)c4ccccc4)cc3)c3ccc(O[Si](c4ccccc4)(c4ccccc4)c4ccccc4)cc3)cc2)(c2ccccc2)c2ccccc2)cc1. The van der Waals surface area contributed by atoms with Crippen LogP contribution in [0.2, 0.25) is 0 Å². The van der Waals surface area contributed by atoms with Crippen LogP contribution in [0.3, 0.4) is 0 Å². The van der Waals surface area contributed by atoms with Crippen molar-refractivity contribution in [3.8, 4) is 23.0 Å². The Morgan fingerprint density at radius 3 is 0.361 bits per heavy atom. The molecule has 0 heterocycles. The zero-order valence-electron chi connectivity index (χ0n) is 60.1. The molecule has 522 valence electrons. The van der Waals surface area contributed by atoms with Gasteiger partial charge in [0.05, 0.1) is 0 Å². The first-order chi connectivity index (χ1) is 53.5. The number of hydrogen-bond acceptors (Lipinski definition) is 4. The molecule has 0 saturated carbocycles. The molecule has 108 heavy (non-hydrogen) atoms. The van der Waals surface area contributed by atoms with Gasteiger partial charge in [0.2, 0.25) is 0 Å². The van der Waals surface area contributed by atoms with E-state index in [0.717, 1.165) is 35.8 Å². The summed E-state index contributed by atoms with van der Waals surface area (Å²) in [5.41, 5.74) is 4.73. The van der Waals surface area contributed by atoms with Gasteiger partial charge in [-0.1, -0.05) is 413 Å². The van der Waals surface area contributed by atoms with Crippen LogP contribution < -0.4 is 79.9 Å². The maximum atomic E-state index is 7.73. The second kappa shape index (κ2) is 32.5. The Morgan fingerprint density at radius 1 is 0.139 bits per heavy atom. The first-order valence-electron chi connectivity index (χ1n) is 37.3. The molecule has 0 bridgehead atoms. The third-order valence-corrected chi connectivity index (χ3v) is 37.0. The van der Waals surface area contributed by atoms with Gasteiger partial charge in [-0.3, -0.25) is 0 Å². The molecule has 4 nitrogen and oxygen atoms in total. The molecule has 0 spiro atoms. The van der Waals surface area contributed by atoms with E-state index in [9.17, 15) is 0 Å². The Balaban J connectivity index is 0.815. The molecular weight excluding hydrogens is 1380 g/mol. The predicted octanol–water partition coefficient (Wildman–Crippen LogP) is 15.6. The highest BCUT2D eigenvalue weighted by atomic mass is 28.4. The van der Waals surface area contributed by atoms with Crippen molar-refractivity contribution < 1.29 is 17.7 Å². The molecule has 0 radical (unpaired) electrons. The van der Waals surface area contributed by atoms with Crippen molar-refractivity contribution in [2.45, 2.75) is 24.7 Å². The van der Waals surface area contributed by atoms with Gasteiger partial charge in [0.25, 0.3) is 0 Å². The van der Waals surface area contributed by atoms with Crippen LogP contribution in [0.5, 0.6) is 23.0 Å². The van der Waals surface area contributed by atoms with Crippen molar-refractivity contribution in [2.24, 2.45) is 0 Å². The minimum Gasteiger partial charge on any atom is -0.530 e. The lowest BCUT2D eigenvalue weighted by Gasteiger charge is -2.34. The normalized spacial score (nSPS) is 11.8. The number of benzene rings is 16. The minimum atomic E-state index is -3.14. The van der Waals surface area contributed by atoms with Gasteiger partial charge in [-0.2, -0.15) is 0 Å². The van der Waals surface area contributed by atoms with Gasteiger partial charge < -0.3 is 17.7 Å². The summed E-state index contributed by atoms with van der Waals surface area (Å²) in [6.07, 6.45) is 1.57. The van der Waals surface area contributed by atoms with Crippen LogP contribution in [0, 0.1) is 0 Å². The lowest BCUT2D eigenvalue weighted by atomic mass is 9.81. The summed E-state index contributed by atoms with van der Waals surface area (Å²) in [4.78, 5) is 0. The lowest BCUT2D eigenvalue weighted by molar-refractivity contribution is 0.569. The van der Waals surface area contributed by atoms with Crippen molar-refractivity contribution in [1.82, 2.24) is 0 Å². The van der Waals surface area contributed by atoms with E-state index in [0.29, 0.717) is 0 Å². The molecule has 0 unspecified atom stereocenters. The van der Waals surface area contributed by atoms with Crippen LogP contribution in [0.4, 0.5) is 0 Å². The maximum Gasteiger partial charge on any atom is 0.346 e. The fourth-order valence-corrected chi connectivity index (χ4v) is 31.3. The van der Waals surface area contributed by atoms with Gasteiger partial charge in [0.15, 0.2) is 0 Å². The van der Waals surface area contributed by atoms with Crippen molar-refractivity contribution in [3.63, 3.8) is 0 Å². The van der Waals surface area contributed by atoms with Gasteiger partial charge in [-0.25, -0.2) is 0 Å². The summed E-state index contributed by atoms with van der Waals surface area (Å²) in [6.45, 7) is 0. The summed E-state index contributed by atoms with van der Waals surface area (Å²) in [5.74, 6) is 3.12. The summed E-state index contributed by atoms with van der Waals surface area (Å²) < 4.78 is 30.9. The Morgan fingerprint density at radius 2 is 0.250 bits per heavy atom. The Bertz CT molecular complexity index is 4360. The van der Waals surface area contributed by atoms with Gasteiger partial charge in [0, 0.05) is 11.8 Å². The molecule has 0 fully saturated rings. The molecule has 0 N–H and O–H groups in total. The van der Waals surface area contributed by atoms with E-state index in [1.165, 1.54) is 84.5 Å². The molecule has 0 aliphatic heterocycles. The molecule has 16 aromatic carbocycles. The van der Waals surface area contributed by atoms with E-state index in [1.54, 1.807) is 0 Å². The molecule has 0 saturated heterocycles. The first kappa shape index (κ1) is 69.9. The van der Waals surface area contributed by atoms with Gasteiger partial charge >= 0.3 is 33.3 Å². The molecule has 0 aliphatic carbocycles. The van der Waals surface area contributed by atoms with Crippen molar-refractivity contribution >= 4 is 95.5 Å². The van der Waals surface area contributed by atoms with Crippen molar-refractivity contribution in [2.75, 3.05) is 0 Å². The quantitative estimate of drug-likeness (QED) is 0.0380. The van der Waals surface area contributed by atoms with E-state index < -0.39 is 33.3 Å². The van der Waals surface area contributed by atoms with E-state index in [4.69, 9.17) is 17.7 Å². The summed E-state index contributed by atoms with van der Waals surface area (Å²) in [6, 6.07) is 166. The van der Waals surface area contributed by atoms with Crippen LogP contribution in [-0.4, -0.2) is 33.3 Å². The fourth-order valence-electron chi connectivity index (χ4n) is 15.9. The first-order valence-corrected chi connectivity index (χ1v) is 45.0. The van der Waals surface area contributed by atoms with Crippen molar-refractivity contribution in [1.29, 1.82) is 0 Å². The zero-order chi connectivity index (χ0) is 72.7. The molecule has 0 aliphatic rings. The molecule has 16 rings (SSSR count). The maximum absolute atomic E-state index is 7.73. The smallest absolute Gasteiger partial charge is 0.346 e. The van der Waals surface area contributed by atoms with E-state index >= 15 is 0 Å². The van der Waals surface area contributed by atoms with Crippen LogP contribution in [-0.2, 0) is 0 Å². The largest absolute Gasteiger partial charge is 0.530 e. The average Bonchev–Trinajstić information content (AvgIpc) is 0.769. The highest BCUT2D eigenvalue weighted by molar-refractivity contribution is 7.09. The molecule has 8 heteroatoms. The van der Waals surface area contributed by atoms with Crippen LogP contribution >= 0.6 is 0 Å².